The summed E-state index contributed by atoms with van der Waals surface area (Å²) >= 11 is 0. The summed E-state index contributed by atoms with van der Waals surface area (Å²) in [5, 5.41) is 11.1. The van der Waals surface area contributed by atoms with Gasteiger partial charge in [-0.15, -0.1) is 5.10 Å². The molecule has 0 spiro atoms. The van der Waals surface area contributed by atoms with Crippen molar-refractivity contribution in [2.45, 2.75) is 19.8 Å². The zero-order valence-electron chi connectivity index (χ0n) is 7.41. The van der Waals surface area contributed by atoms with E-state index >= 15 is 0 Å². The van der Waals surface area contributed by atoms with Crippen molar-refractivity contribution in [2.24, 2.45) is 5.92 Å². The van der Waals surface area contributed by atoms with E-state index in [1.54, 1.807) is 6.20 Å². The molecule has 0 amide bonds. The Morgan fingerprint density at radius 2 is 2.42 bits per heavy atom. The minimum Gasteiger partial charge on any atom is -0.368 e. The van der Waals surface area contributed by atoms with Crippen LogP contribution in [0.1, 0.15) is 25.3 Å². The summed E-state index contributed by atoms with van der Waals surface area (Å²) in [5.41, 5.74) is 1.32. The largest absolute Gasteiger partial charge is 0.368 e. The predicted octanol–water partition coefficient (Wildman–Crippen LogP) is 1.64. The SMILES string of the molecule is CC(C)C1CNc2nnccc21. The lowest BCUT2D eigenvalue weighted by Crippen LogP contribution is -2.08. The zero-order chi connectivity index (χ0) is 8.55. The van der Waals surface area contributed by atoms with Crippen LogP contribution in [0.5, 0.6) is 0 Å². The molecule has 3 heteroatoms. The number of hydrogen-bond acceptors (Lipinski definition) is 3. The van der Waals surface area contributed by atoms with Crippen molar-refractivity contribution < 1.29 is 0 Å². The highest BCUT2D eigenvalue weighted by molar-refractivity contribution is 5.50. The van der Waals surface area contributed by atoms with Crippen LogP contribution < -0.4 is 5.32 Å². The third-order valence-corrected chi connectivity index (χ3v) is 2.45. The number of nitrogens with one attached hydrogen (secondary N) is 1. The average molecular weight is 163 g/mol. The van der Waals surface area contributed by atoms with E-state index in [4.69, 9.17) is 0 Å². The van der Waals surface area contributed by atoms with Gasteiger partial charge < -0.3 is 5.32 Å². The molecular weight excluding hydrogens is 150 g/mol. The molecule has 1 unspecified atom stereocenters. The topological polar surface area (TPSA) is 37.8 Å². The minimum absolute atomic E-state index is 0.607. The van der Waals surface area contributed by atoms with Crippen LogP contribution >= 0.6 is 0 Å². The van der Waals surface area contributed by atoms with E-state index in [2.05, 4.69) is 35.4 Å². The van der Waals surface area contributed by atoms with Crippen LogP contribution in [0.15, 0.2) is 12.3 Å². The zero-order valence-corrected chi connectivity index (χ0v) is 7.41. The van der Waals surface area contributed by atoms with Crippen LogP contribution in [-0.4, -0.2) is 16.7 Å². The first-order chi connectivity index (χ1) is 5.79. The van der Waals surface area contributed by atoms with Gasteiger partial charge >= 0.3 is 0 Å². The maximum Gasteiger partial charge on any atom is 0.152 e. The molecule has 0 aliphatic carbocycles. The van der Waals surface area contributed by atoms with Gasteiger partial charge in [0.2, 0.25) is 0 Å². The fourth-order valence-corrected chi connectivity index (χ4v) is 1.69. The Morgan fingerprint density at radius 3 is 3.17 bits per heavy atom. The minimum atomic E-state index is 0.607. The van der Waals surface area contributed by atoms with Gasteiger partial charge in [-0.25, -0.2) is 0 Å². The van der Waals surface area contributed by atoms with Crippen molar-refractivity contribution in [1.29, 1.82) is 0 Å². The molecule has 0 bridgehead atoms. The molecule has 12 heavy (non-hydrogen) atoms. The molecule has 1 aliphatic heterocycles. The highest BCUT2D eigenvalue weighted by Crippen LogP contribution is 2.33. The molecule has 64 valence electrons. The molecular formula is C9H13N3. The summed E-state index contributed by atoms with van der Waals surface area (Å²) < 4.78 is 0. The lowest BCUT2D eigenvalue weighted by Gasteiger charge is -2.12. The molecule has 1 aromatic heterocycles. The molecule has 0 saturated heterocycles. The van der Waals surface area contributed by atoms with Crippen LogP contribution in [0, 0.1) is 5.92 Å². The molecule has 2 rings (SSSR count). The van der Waals surface area contributed by atoms with E-state index in [-0.39, 0.29) is 0 Å². The Balaban J connectivity index is 2.36. The number of fused-ring (bicyclic) bond motifs is 1. The summed E-state index contributed by atoms with van der Waals surface area (Å²) in [6.07, 6.45) is 1.77. The van der Waals surface area contributed by atoms with Gasteiger partial charge in [-0.2, -0.15) is 5.10 Å². The molecule has 2 heterocycles. The molecule has 1 atom stereocenters. The lowest BCUT2D eigenvalue weighted by atomic mass is 9.92. The van der Waals surface area contributed by atoms with Crippen molar-refractivity contribution in [3.63, 3.8) is 0 Å². The van der Waals surface area contributed by atoms with Gasteiger partial charge in [-0.05, 0) is 12.0 Å². The van der Waals surface area contributed by atoms with E-state index < -0.39 is 0 Å². The van der Waals surface area contributed by atoms with Crippen LogP contribution in [0.2, 0.25) is 0 Å². The van der Waals surface area contributed by atoms with Crippen molar-refractivity contribution in [3.8, 4) is 0 Å². The summed E-state index contributed by atoms with van der Waals surface area (Å²) in [4.78, 5) is 0. The van der Waals surface area contributed by atoms with Crippen molar-refractivity contribution in [2.75, 3.05) is 11.9 Å². The molecule has 3 nitrogen and oxygen atoms in total. The molecule has 0 radical (unpaired) electrons. The first kappa shape index (κ1) is 7.53. The fraction of sp³-hybridized carbons (Fsp3) is 0.556. The second kappa shape index (κ2) is 2.73. The highest BCUT2D eigenvalue weighted by Gasteiger charge is 2.25. The van der Waals surface area contributed by atoms with Crippen LogP contribution in [0.4, 0.5) is 5.82 Å². The molecule has 1 aromatic rings. The number of rotatable bonds is 1. The third kappa shape index (κ3) is 1.05. The molecule has 0 saturated carbocycles. The van der Waals surface area contributed by atoms with Crippen LogP contribution in [-0.2, 0) is 0 Å². The Hall–Kier alpha value is -1.12. The molecule has 1 aliphatic rings. The summed E-state index contributed by atoms with van der Waals surface area (Å²) in [5.74, 6) is 2.25. The second-order valence-electron chi connectivity index (χ2n) is 3.57. The first-order valence-corrected chi connectivity index (χ1v) is 4.34. The lowest BCUT2D eigenvalue weighted by molar-refractivity contribution is 0.533. The second-order valence-corrected chi connectivity index (χ2v) is 3.57. The summed E-state index contributed by atoms with van der Waals surface area (Å²) in [7, 11) is 0. The van der Waals surface area contributed by atoms with Gasteiger partial charge in [-0.1, -0.05) is 13.8 Å². The van der Waals surface area contributed by atoms with Gasteiger partial charge in [0, 0.05) is 18.0 Å². The van der Waals surface area contributed by atoms with Crippen LogP contribution in [0.25, 0.3) is 0 Å². The number of anilines is 1. The normalized spacial score (nSPS) is 20.8. The van der Waals surface area contributed by atoms with E-state index in [1.165, 1.54) is 5.56 Å². The third-order valence-electron chi connectivity index (χ3n) is 2.45. The van der Waals surface area contributed by atoms with E-state index in [0.717, 1.165) is 12.4 Å². The van der Waals surface area contributed by atoms with Gasteiger partial charge in [0.25, 0.3) is 0 Å². The number of nitrogens with zero attached hydrogens (tertiary/aromatic N) is 2. The monoisotopic (exact) mass is 163 g/mol. The summed E-state index contributed by atoms with van der Waals surface area (Å²) in [6, 6.07) is 2.06. The Morgan fingerprint density at radius 1 is 1.58 bits per heavy atom. The standard InChI is InChI=1S/C9H13N3/c1-6(2)8-5-10-9-7(8)3-4-11-12-9/h3-4,6,8H,5H2,1-2H3,(H,10,12). The highest BCUT2D eigenvalue weighted by atomic mass is 15.2. The summed E-state index contributed by atoms with van der Waals surface area (Å²) in [6.45, 7) is 5.48. The average Bonchev–Trinajstić information content (AvgIpc) is 2.47. The number of aromatic nitrogens is 2. The van der Waals surface area contributed by atoms with Crippen molar-refractivity contribution in [3.05, 3.63) is 17.8 Å². The maximum atomic E-state index is 4.03. The van der Waals surface area contributed by atoms with E-state index in [0.29, 0.717) is 11.8 Å². The van der Waals surface area contributed by atoms with Crippen molar-refractivity contribution >= 4 is 5.82 Å². The molecule has 0 aromatic carbocycles. The Labute approximate surface area is 72.2 Å². The van der Waals surface area contributed by atoms with E-state index in [1.807, 2.05) is 0 Å². The Bertz CT molecular complexity index is 283. The Kier molecular flexibility index (Phi) is 1.71. The first-order valence-electron chi connectivity index (χ1n) is 4.34. The smallest absolute Gasteiger partial charge is 0.152 e. The van der Waals surface area contributed by atoms with E-state index in [9.17, 15) is 0 Å². The van der Waals surface area contributed by atoms with Gasteiger partial charge in [0.1, 0.15) is 0 Å². The fourth-order valence-electron chi connectivity index (χ4n) is 1.69. The van der Waals surface area contributed by atoms with Gasteiger partial charge in [0.15, 0.2) is 5.82 Å². The quantitative estimate of drug-likeness (QED) is 0.684. The predicted molar refractivity (Wildman–Crippen MR) is 48.1 cm³/mol. The van der Waals surface area contributed by atoms with Crippen LogP contribution in [0.3, 0.4) is 0 Å². The van der Waals surface area contributed by atoms with Crippen molar-refractivity contribution in [1.82, 2.24) is 10.2 Å². The molecule has 0 fully saturated rings. The molecule has 1 N–H and O–H groups in total. The van der Waals surface area contributed by atoms with Gasteiger partial charge in [0.05, 0.1) is 6.20 Å². The van der Waals surface area contributed by atoms with Gasteiger partial charge in [-0.3, -0.25) is 0 Å². The number of hydrogen-bond donors (Lipinski definition) is 1. The maximum absolute atomic E-state index is 4.03.